The molecule has 2 aromatic heterocycles. The van der Waals surface area contributed by atoms with Gasteiger partial charge in [0.25, 0.3) is 0 Å². The van der Waals surface area contributed by atoms with E-state index in [9.17, 15) is 5.11 Å². The molecule has 0 saturated heterocycles. The lowest BCUT2D eigenvalue weighted by Gasteiger charge is -2.36. The zero-order valence-corrected chi connectivity index (χ0v) is 19.4. The third-order valence-corrected chi connectivity index (χ3v) is 6.80. The van der Waals surface area contributed by atoms with Crippen LogP contribution < -0.4 is 4.74 Å². The van der Waals surface area contributed by atoms with Crippen LogP contribution in [0.3, 0.4) is 0 Å². The van der Waals surface area contributed by atoms with Crippen LogP contribution in [-0.2, 0) is 0 Å². The maximum Gasteiger partial charge on any atom is 0.220 e. The molecule has 0 aromatic carbocycles. The van der Waals surface area contributed by atoms with Crippen LogP contribution in [0.15, 0.2) is 24.5 Å². The lowest BCUT2D eigenvalue weighted by Crippen LogP contribution is -2.33. The smallest absolute Gasteiger partial charge is 0.220 e. The molecule has 2 heterocycles. The first-order valence-corrected chi connectivity index (χ1v) is 11.3. The lowest BCUT2D eigenvalue weighted by molar-refractivity contribution is -0.00169. The van der Waals surface area contributed by atoms with Crippen LogP contribution in [0, 0.1) is 25.7 Å². The molecule has 164 valence electrons. The Hall–Kier alpha value is -2.01. The first-order valence-electron chi connectivity index (χ1n) is 11.3. The van der Waals surface area contributed by atoms with E-state index in [1.54, 1.807) is 0 Å². The second kappa shape index (κ2) is 9.42. The van der Waals surface area contributed by atoms with Crippen molar-refractivity contribution in [3.05, 3.63) is 47.2 Å². The summed E-state index contributed by atoms with van der Waals surface area (Å²) >= 11 is 0. The van der Waals surface area contributed by atoms with Crippen molar-refractivity contribution < 1.29 is 9.84 Å². The van der Waals surface area contributed by atoms with Gasteiger partial charge in [0.1, 0.15) is 5.82 Å². The van der Waals surface area contributed by atoms with Crippen molar-refractivity contribution in [2.24, 2.45) is 11.8 Å². The highest BCUT2D eigenvalue weighted by atomic mass is 16.5. The fourth-order valence-corrected chi connectivity index (χ4v) is 4.36. The van der Waals surface area contributed by atoms with Crippen LogP contribution in [0.1, 0.15) is 87.9 Å². The molecule has 30 heavy (non-hydrogen) atoms. The maximum atomic E-state index is 10.3. The topological polar surface area (TPSA) is 68.1 Å². The van der Waals surface area contributed by atoms with Gasteiger partial charge in [0.15, 0.2) is 0 Å². The van der Waals surface area contributed by atoms with Gasteiger partial charge >= 0.3 is 0 Å². The number of aromatic nitrogens is 3. The Morgan fingerprint density at radius 1 is 1.07 bits per heavy atom. The molecule has 0 amide bonds. The van der Waals surface area contributed by atoms with Crippen molar-refractivity contribution in [1.82, 2.24) is 15.0 Å². The molecule has 2 aromatic rings. The zero-order valence-electron chi connectivity index (χ0n) is 19.4. The summed E-state index contributed by atoms with van der Waals surface area (Å²) in [6.07, 6.45) is 7.99. The van der Waals surface area contributed by atoms with E-state index in [2.05, 4.69) is 47.9 Å². The average Bonchev–Trinajstić information content (AvgIpc) is 2.71. The number of pyridine rings is 1. The standard InChI is InChI=1S/C25H37N3O2/c1-16-7-12-23(27-13-16)18(3)17(2)15-30-24-22(14-26-19(4)28-24)20-8-10-21(11-9-20)25(5,6)29/h7,12-14,17-18,20-21,29H,8-11,15H2,1-6H3/t17?,18-,20-,21+/m0/s1. The SMILES string of the molecule is Cc1ccc([C@@H](C)C(C)COc2nc(C)ncc2[C@H]2CC[C@@H](C(C)(C)O)CC2)nc1. The lowest BCUT2D eigenvalue weighted by atomic mass is 9.73. The van der Waals surface area contributed by atoms with Gasteiger partial charge in [-0.05, 0) is 82.8 Å². The van der Waals surface area contributed by atoms with Crippen LogP contribution in [0.5, 0.6) is 5.88 Å². The van der Waals surface area contributed by atoms with E-state index in [-0.39, 0.29) is 0 Å². The Bertz CT molecular complexity index is 821. The summed E-state index contributed by atoms with van der Waals surface area (Å²) in [5.41, 5.74) is 2.78. The number of nitrogens with zero attached hydrogens (tertiary/aromatic N) is 3. The van der Waals surface area contributed by atoms with Crippen LogP contribution in [-0.4, -0.2) is 32.3 Å². The summed E-state index contributed by atoms with van der Waals surface area (Å²) in [4.78, 5) is 13.7. The van der Waals surface area contributed by atoms with Gasteiger partial charge < -0.3 is 9.84 Å². The highest BCUT2D eigenvalue weighted by molar-refractivity contribution is 5.28. The van der Waals surface area contributed by atoms with Crippen LogP contribution >= 0.6 is 0 Å². The summed E-state index contributed by atoms with van der Waals surface area (Å²) in [5, 5.41) is 10.3. The Kier molecular flexibility index (Phi) is 7.12. The van der Waals surface area contributed by atoms with Crippen LogP contribution in [0.25, 0.3) is 0 Å². The quantitative estimate of drug-likeness (QED) is 0.665. The molecular formula is C25H37N3O2. The van der Waals surface area contributed by atoms with Crippen LogP contribution in [0.4, 0.5) is 0 Å². The Labute approximate surface area is 181 Å². The van der Waals surface area contributed by atoms with Crippen molar-refractivity contribution in [2.45, 2.75) is 84.7 Å². The minimum absolute atomic E-state index is 0.305. The molecule has 5 heteroatoms. The minimum Gasteiger partial charge on any atom is -0.477 e. The molecule has 0 spiro atoms. The summed E-state index contributed by atoms with van der Waals surface area (Å²) in [6.45, 7) is 12.8. The number of hydrogen-bond acceptors (Lipinski definition) is 5. The molecule has 0 radical (unpaired) electrons. The van der Waals surface area contributed by atoms with E-state index < -0.39 is 5.60 Å². The summed E-state index contributed by atoms with van der Waals surface area (Å²) in [6, 6.07) is 4.22. The van der Waals surface area contributed by atoms with E-state index in [0.717, 1.165) is 48.6 Å². The molecule has 0 bridgehead atoms. The number of hydrogen-bond donors (Lipinski definition) is 1. The van der Waals surface area contributed by atoms with Crippen molar-refractivity contribution >= 4 is 0 Å². The van der Waals surface area contributed by atoms with E-state index in [1.807, 2.05) is 33.2 Å². The second-order valence-electron chi connectivity index (χ2n) is 9.72. The van der Waals surface area contributed by atoms with Gasteiger partial charge in [0.2, 0.25) is 5.88 Å². The van der Waals surface area contributed by atoms with Crippen molar-refractivity contribution in [3.63, 3.8) is 0 Å². The third kappa shape index (κ3) is 5.57. The molecular weight excluding hydrogens is 374 g/mol. The van der Waals surface area contributed by atoms with Crippen molar-refractivity contribution in [3.8, 4) is 5.88 Å². The van der Waals surface area contributed by atoms with Gasteiger partial charge in [-0.15, -0.1) is 0 Å². The molecule has 1 fully saturated rings. The van der Waals surface area contributed by atoms with Crippen LogP contribution in [0.2, 0.25) is 0 Å². The highest BCUT2D eigenvalue weighted by Gasteiger charge is 2.33. The molecule has 2 atom stereocenters. The Morgan fingerprint density at radius 3 is 2.37 bits per heavy atom. The fourth-order valence-electron chi connectivity index (χ4n) is 4.36. The minimum atomic E-state index is -0.607. The van der Waals surface area contributed by atoms with Gasteiger partial charge in [0, 0.05) is 29.6 Å². The largest absolute Gasteiger partial charge is 0.477 e. The molecule has 1 aliphatic carbocycles. The molecule has 1 unspecified atom stereocenters. The van der Waals surface area contributed by atoms with Crippen molar-refractivity contribution in [2.75, 3.05) is 6.61 Å². The molecule has 1 N–H and O–H groups in total. The first kappa shape index (κ1) is 22.7. The normalized spacial score (nSPS) is 21.8. The third-order valence-electron chi connectivity index (χ3n) is 6.80. The summed E-state index contributed by atoms with van der Waals surface area (Å²) in [7, 11) is 0. The number of ether oxygens (including phenoxy) is 1. The zero-order chi connectivity index (χ0) is 21.9. The second-order valence-corrected chi connectivity index (χ2v) is 9.72. The van der Waals surface area contributed by atoms with E-state index in [4.69, 9.17) is 4.74 Å². The molecule has 3 rings (SSSR count). The van der Waals surface area contributed by atoms with E-state index in [1.165, 1.54) is 5.56 Å². The van der Waals surface area contributed by atoms with Gasteiger partial charge in [-0.25, -0.2) is 4.98 Å². The van der Waals surface area contributed by atoms with E-state index >= 15 is 0 Å². The average molecular weight is 412 g/mol. The summed E-state index contributed by atoms with van der Waals surface area (Å²) < 4.78 is 6.27. The maximum absolute atomic E-state index is 10.3. The van der Waals surface area contributed by atoms with Gasteiger partial charge in [-0.1, -0.05) is 19.9 Å². The number of aliphatic hydroxyl groups is 1. The number of rotatable bonds is 7. The highest BCUT2D eigenvalue weighted by Crippen LogP contribution is 2.42. The monoisotopic (exact) mass is 411 g/mol. The Morgan fingerprint density at radius 2 is 1.77 bits per heavy atom. The van der Waals surface area contributed by atoms with Gasteiger partial charge in [-0.2, -0.15) is 4.98 Å². The molecule has 0 aliphatic heterocycles. The molecule has 1 saturated carbocycles. The predicted molar refractivity (Wildman–Crippen MR) is 120 cm³/mol. The van der Waals surface area contributed by atoms with Crippen molar-refractivity contribution in [1.29, 1.82) is 0 Å². The van der Waals surface area contributed by atoms with Gasteiger partial charge in [-0.3, -0.25) is 4.98 Å². The summed E-state index contributed by atoms with van der Waals surface area (Å²) in [5.74, 6) is 2.83. The Balaban J connectivity index is 1.66. The predicted octanol–water partition coefficient (Wildman–Crippen LogP) is 5.35. The van der Waals surface area contributed by atoms with E-state index in [0.29, 0.717) is 30.3 Å². The first-order chi connectivity index (χ1) is 14.1. The van der Waals surface area contributed by atoms with Gasteiger partial charge in [0.05, 0.1) is 12.2 Å². The fraction of sp³-hybridized carbons (Fsp3) is 0.640. The molecule has 5 nitrogen and oxygen atoms in total. The molecule has 1 aliphatic rings. The number of aryl methyl sites for hydroxylation is 2.